The van der Waals surface area contributed by atoms with Gasteiger partial charge < -0.3 is 14.7 Å². The molecule has 0 amide bonds. The minimum atomic E-state index is -0.975. The zero-order valence-electron chi connectivity index (χ0n) is 15.0. The molecule has 1 fully saturated rings. The molecule has 2 aromatic rings. The van der Waals surface area contributed by atoms with Crippen LogP contribution < -0.4 is 9.64 Å². The summed E-state index contributed by atoms with van der Waals surface area (Å²) in [5.41, 5.74) is 1.08. The number of carboxylic acid groups (broad SMARTS) is 1. The predicted octanol–water partition coefficient (Wildman–Crippen LogP) is 4.26. The number of hydrogen-bond donors (Lipinski definition) is 1. The summed E-state index contributed by atoms with van der Waals surface area (Å²) in [5.74, 6) is -2.35. The van der Waals surface area contributed by atoms with E-state index in [2.05, 4.69) is 9.88 Å². The van der Waals surface area contributed by atoms with E-state index >= 15 is 0 Å². The average molecular weight is 376 g/mol. The van der Waals surface area contributed by atoms with Gasteiger partial charge in [-0.2, -0.15) is 0 Å². The highest BCUT2D eigenvalue weighted by atomic mass is 19.1. The topological polar surface area (TPSA) is 62.7 Å². The molecule has 1 aromatic carbocycles. The summed E-state index contributed by atoms with van der Waals surface area (Å²) in [7, 11) is 0. The van der Waals surface area contributed by atoms with E-state index in [4.69, 9.17) is 9.84 Å². The van der Waals surface area contributed by atoms with Gasteiger partial charge in [-0.1, -0.05) is 0 Å². The van der Waals surface area contributed by atoms with E-state index in [9.17, 15) is 13.6 Å². The Bertz CT molecular complexity index is 785. The molecule has 1 aromatic heterocycles. The average Bonchev–Trinajstić information content (AvgIpc) is 2.67. The van der Waals surface area contributed by atoms with Gasteiger partial charge in [0.05, 0.1) is 6.61 Å². The van der Waals surface area contributed by atoms with Gasteiger partial charge in [0.2, 0.25) is 0 Å². The number of rotatable bonds is 7. The molecule has 0 bridgehead atoms. The van der Waals surface area contributed by atoms with Crippen molar-refractivity contribution in [2.75, 3.05) is 24.6 Å². The normalized spacial score (nSPS) is 14.2. The molecule has 0 atom stereocenters. The molecule has 0 spiro atoms. The number of anilines is 1. The van der Waals surface area contributed by atoms with E-state index < -0.39 is 23.4 Å². The van der Waals surface area contributed by atoms with Crippen LogP contribution in [0.5, 0.6) is 5.75 Å². The number of nitrogens with zero attached hydrogens (tertiary/aromatic N) is 2. The molecule has 0 aliphatic carbocycles. The van der Waals surface area contributed by atoms with Crippen LogP contribution >= 0.6 is 0 Å². The van der Waals surface area contributed by atoms with Crippen molar-refractivity contribution in [2.24, 2.45) is 0 Å². The van der Waals surface area contributed by atoms with Crippen LogP contribution in [0.25, 0.3) is 11.1 Å². The zero-order chi connectivity index (χ0) is 19.2. The fourth-order valence-electron chi connectivity index (χ4n) is 3.23. The Balaban J connectivity index is 1.83. The van der Waals surface area contributed by atoms with Crippen molar-refractivity contribution in [2.45, 2.75) is 32.1 Å². The summed E-state index contributed by atoms with van der Waals surface area (Å²) < 4.78 is 34.0. The molecule has 144 valence electrons. The van der Waals surface area contributed by atoms with Crippen molar-refractivity contribution in [1.82, 2.24) is 4.98 Å². The lowest BCUT2D eigenvalue weighted by Gasteiger charge is -2.29. The molecule has 27 heavy (non-hydrogen) atoms. The molecule has 1 saturated heterocycles. The van der Waals surface area contributed by atoms with Gasteiger partial charge in [0, 0.05) is 31.3 Å². The molecule has 3 rings (SSSR count). The summed E-state index contributed by atoms with van der Waals surface area (Å²) in [6.45, 7) is 1.69. The Labute approximate surface area is 156 Å². The molecular formula is C20H22F2N2O3. The third-order valence-corrected chi connectivity index (χ3v) is 4.53. The van der Waals surface area contributed by atoms with Gasteiger partial charge in [0.1, 0.15) is 5.82 Å². The third kappa shape index (κ3) is 4.72. The van der Waals surface area contributed by atoms with E-state index in [1.54, 1.807) is 18.3 Å². The highest BCUT2D eigenvalue weighted by Crippen LogP contribution is 2.34. The van der Waals surface area contributed by atoms with Crippen LogP contribution in [0.4, 0.5) is 14.6 Å². The fraction of sp³-hybridized carbons (Fsp3) is 0.400. The summed E-state index contributed by atoms with van der Waals surface area (Å²) in [5, 5.41) is 8.60. The second-order valence-corrected chi connectivity index (χ2v) is 6.54. The molecule has 0 saturated carbocycles. The Morgan fingerprint density at radius 1 is 1.19 bits per heavy atom. The van der Waals surface area contributed by atoms with E-state index in [0.29, 0.717) is 11.1 Å². The lowest BCUT2D eigenvalue weighted by atomic mass is 10.0. The van der Waals surface area contributed by atoms with Gasteiger partial charge in [-0.3, -0.25) is 4.79 Å². The fourth-order valence-corrected chi connectivity index (χ4v) is 3.23. The predicted molar refractivity (Wildman–Crippen MR) is 98.0 cm³/mol. The van der Waals surface area contributed by atoms with Crippen LogP contribution in [0, 0.1) is 11.6 Å². The molecule has 1 aliphatic rings. The lowest BCUT2D eigenvalue weighted by Crippen LogP contribution is -2.30. The first-order chi connectivity index (χ1) is 13.1. The second-order valence-electron chi connectivity index (χ2n) is 6.54. The van der Waals surface area contributed by atoms with E-state index in [1.165, 1.54) is 18.6 Å². The summed E-state index contributed by atoms with van der Waals surface area (Å²) >= 11 is 0. The van der Waals surface area contributed by atoms with E-state index in [0.717, 1.165) is 31.7 Å². The van der Waals surface area contributed by atoms with Crippen molar-refractivity contribution in [3.63, 3.8) is 0 Å². The quantitative estimate of drug-likeness (QED) is 0.732. The van der Waals surface area contributed by atoms with Crippen LogP contribution in [-0.4, -0.2) is 35.8 Å². The number of ether oxygens (including phenoxy) is 1. The maximum Gasteiger partial charge on any atom is 0.303 e. The molecule has 0 unspecified atom stereocenters. The van der Waals surface area contributed by atoms with Gasteiger partial charge in [-0.05, 0) is 55.5 Å². The van der Waals surface area contributed by atoms with Crippen molar-refractivity contribution in [3.05, 3.63) is 42.1 Å². The molecule has 0 radical (unpaired) electrons. The Morgan fingerprint density at radius 3 is 2.56 bits per heavy atom. The Hall–Kier alpha value is -2.70. The minimum Gasteiger partial charge on any atom is -0.488 e. The van der Waals surface area contributed by atoms with E-state index in [-0.39, 0.29) is 19.4 Å². The number of piperidine rings is 1. The van der Waals surface area contributed by atoms with Crippen molar-refractivity contribution in [3.8, 4) is 16.9 Å². The molecule has 5 nitrogen and oxygen atoms in total. The Kier molecular flexibility index (Phi) is 6.21. The molecule has 2 heterocycles. The van der Waals surface area contributed by atoms with Crippen molar-refractivity contribution >= 4 is 11.8 Å². The highest BCUT2D eigenvalue weighted by Gasteiger charge is 2.19. The molecule has 1 aliphatic heterocycles. The summed E-state index contributed by atoms with van der Waals surface area (Å²) in [6, 6.07) is 6.02. The van der Waals surface area contributed by atoms with Crippen molar-refractivity contribution < 1.29 is 23.4 Å². The first kappa shape index (κ1) is 19.1. The highest BCUT2D eigenvalue weighted by molar-refractivity contribution is 5.76. The molecular weight excluding hydrogens is 354 g/mol. The second kappa shape index (κ2) is 8.79. The number of aliphatic carboxylic acids is 1. The van der Waals surface area contributed by atoms with E-state index in [1.807, 2.05) is 0 Å². The van der Waals surface area contributed by atoms with Crippen LogP contribution in [0.3, 0.4) is 0 Å². The standard InChI is InChI=1S/C20H22F2N2O3/c21-16-12-14(13-17(22)19(16)27-11-5-7-18(25)26)15-6-4-8-23-20(15)24-9-2-1-3-10-24/h4,6,8,12-13H,1-3,5,7,9-11H2,(H,25,26). The largest absolute Gasteiger partial charge is 0.488 e. The number of benzene rings is 1. The van der Waals surface area contributed by atoms with Gasteiger partial charge in [0.15, 0.2) is 17.4 Å². The number of carboxylic acids is 1. The minimum absolute atomic E-state index is 0.0641. The number of hydrogen-bond acceptors (Lipinski definition) is 4. The monoisotopic (exact) mass is 376 g/mol. The summed E-state index contributed by atoms with van der Waals surface area (Å²) in [6.07, 6.45) is 5.06. The zero-order valence-corrected chi connectivity index (χ0v) is 15.0. The van der Waals surface area contributed by atoms with Crippen LogP contribution in [0.2, 0.25) is 0 Å². The van der Waals surface area contributed by atoms with Crippen LogP contribution in [0.1, 0.15) is 32.1 Å². The maximum absolute atomic E-state index is 14.4. The van der Waals surface area contributed by atoms with Crippen LogP contribution in [-0.2, 0) is 4.79 Å². The maximum atomic E-state index is 14.4. The lowest BCUT2D eigenvalue weighted by molar-refractivity contribution is -0.137. The van der Waals surface area contributed by atoms with Gasteiger partial charge >= 0.3 is 5.97 Å². The number of halogens is 2. The number of aromatic nitrogens is 1. The number of pyridine rings is 1. The third-order valence-electron chi connectivity index (χ3n) is 4.53. The molecule has 1 N–H and O–H groups in total. The van der Waals surface area contributed by atoms with Gasteiger partial charge in [-0.15, -0.1) is 0 Å². The Morgan fingerprint density at radius 2 is 1.89 bits per heavy atom. The van der Waals surface area contributed by atoms with Gasteiger partial charge in [0.25, 0.3) is 0 Å². The van der Waals surface area contributed by atoms with Crippen LogP contribution in [0.15, 0.2) is 30.5 Å². The SMILES string of the molecule is O=C(O)CCCOc1c(F)cc(-c2cccnc2N2CCCCC2)cc1F. The first-order valence-electron chi connectivity index (χ1n) is 9.10. The first-order valence-corrected chi connectivity index (χ1v) is 9.10. The van der Waals surface area contributed by atoms with Crippen molar-refractivity contribution in [1.29, 1.82) is 0 Å². The smallest absolute Gasteiger partial charge is 0.303 e. The molecule has 7 heteroatoms. The summed E-state index contributed by atoms with van der Waals surface area (Å²) in [4.78, 5) is 17.1. The number of carbonyl (C=O) groups is 1. The van der Waals surface area contributed by atoms with Gasteiger partial charge in [-0.25, -0.2) is 13.8 Å².